The fraction of sp³-hybridized carbons (Fsp3) is 0.333. The maximum absolute atomic E-state index is 5.30. The molecule has 0 fully saturated rings. The maximum Gasteiger partial charge on any atom is 0.134 e. The molecule has 13 heavy (non-hydrogen) atoms. The largest absolute Gasteiger partial charge is 0.464 e. The van der Waals surface area contributed by atoms with Gasteiger partial charge in [-0.05, 0) is 31.5 Å². The third-order valence-corrected chi connectivity index (χ3v) is 1.92. The molecule has 1 heteroatoms. The highest BCUT2D eigenvalue weighted by Crippen LogP contribution is 2.20. The van der Waals surface area contributed by atoms with Crippen LogP contribution in [0.5, 0.6) is 0 Å². The van der Waals surface area contributed by atoms with Gasteiger partial charge in [-0.2, -0.15) is 0 Å². The van der Waals surface area contributed by atoms with Crippen molar-refractivity contribution in [2.24, 2.45) is 0 Å². The van der Waals surface area contributed by atoms with Crippen molar-refractivity contribution in [2.75, 3.05) is 0 Å². The number of furan rings is 1. The molecule has 0 bridgehead atoms. The Hall–Kier alpha value is -1.24. The van der Waals surface area contributed by atoms with Crippen LogP contribution in [0.4, 0.5) is 0 Å². The predicted octanol–water partition coefficient (Wildman–Crippen LogP) is 4.08. The van der Waals surface area contributed by atoms with Gasteiger partial charge in [0.25, 0.3) is 0 Å². The first kappa shape index (κ1) is 9.85. The zero-order chi connectivity index (χ0) is 9.84. The van der Waals surface area contributed by atoms with Crippen molar-refractivity contribution in [3.05, 3.63) is 35.6 Å². The third kappa shape index (κ3) is 1.92. The van der Waals surface area contributed by atoms with E-state index in [1.54, 1.807) is 6.26 Å². The van der Waals surface area contributed by atoms with E-state index >= 15 is 0 Å². The minimum Gasteiger partial charge on any atom is -0.464 e. The Kier molecular flexibility index (Phi) is 3.13. The fourth-order valence-electron chi connectivity index (χ4n) is 1.27. The van der Waals surface area contributed by atoms with Crippen molar-refractivity contribution in [1.29, 1.82) is 0 Å². The molecule has 0 spiro atoms. The third-order valence-electron chi connectivity index (χ3n) is 1.92. The van der Waals surface area contributed by atoms with Crippen LogP contribution in [0.2, 0.25) is 0 Å². The highest BCUT2D eigenvalue weighted by Gasteiger charge is 1.99. The quantitative estimate of drug-likeness (QED) is 0.589. The average Bonchev–Trinajstić information content (AvgIpc) is 2.52. The van der Waals surface area contributed by atoms with Crippen molar-refractivity contribution in [1.82, 2.24) is 0 Å². The second kappa shape index (κ2) is 4.13. The Morgan fingerprint density at radius 2 is 1.77 bits per heavy atom. The molecule has 1 heterocycles. The molecular formula is C12H16O. The molecule has 0 radical (unpaired) electrons. The lowest BCUT2D eigenvalue weighted by molar-refractivity contribution is 0.613. The Balaban J connectivity index is 0.000000396. The van der Waals surface area contributed by atoms with Gasteiger partial charge in [0.1, 0.15) is 5.58 Å². The van der Waals surface area contributed by atoms with Crippen LogP contribution in [0.15, 0.2) is 28.9 Å². The van der Waals surface area contributed by atoms with Crippen LogP contribution in [-0.2, 0) is 0 Å². The van der Waals surface area contributed by atoms with E-state index in [0.29, 0.717) is 0 Å². The van der Waals surface area contributed by atoms with Crippen LogP contribution in [-0.4, -0.2) is 0 Å². The summed E-state index contributed by atoms with van der Waals surface area (Å²) in [6.45, 7) is 8.15. The van der Waals surface area contributed by atoms with Gasteiger partial charge < -0.3 is 4.42 Å². The van der Waals surface area contributed by atoms with Crippen LogP contribution in [0.25, 0.3) is 11.0 Å². The molecule has 0 unspecified atom stereocenters. The summed E-state index contributed by atoms with van der Waals surface area (Å²) in [6, 6.07) is 6.22. The number of fused-ring (bicyclic) bond motifs is 1. The predicted molar refractivity (Wildman–Crippen MR) is 57.0 cm³/mol. The lowest BCUT2D eigenvalue weighted by Gasteiger charge is -1.91. The Labute approximate surface area is 79.4 Å². The Morgan fingerprint density at radius 3 is 2.46 bits per heavy atom. The number of benzene rings is 1. The molecule has 0 saturated heterocycles. The monoisotopic (exact) mass is 176 g/mol. The van der Waals surface area contributed by atoms with Crippen LogP contribution >= 0.6 is 0 Å². The molecule has 1 aromatic heterocycles. The number of aryl methyl sites for hydroxylation is 2. The van der Waals surface area contributed by atoms with E-state index in [1.807, 2.05) is 19.9 Å². The lowest BCUT2D eigenvalue weighted by Crippen LogP contribution is -1.71. The molecule has 0 N–H and O–H groups in total. The highest BCUT2D eigenvalue weighted by molar-refractivity contribution is 5.81. The first-order chi connectivity index (χ1) is 6.27. The molecule has 0 saturated carbocycles. The summed E-state index contributed by atoms with van der Waals surface area (Å²) in [7, 11) is 0. The lowest BCUT2D eigenvalue weighted by atomic mass is 10.1. The Bertz CT molecular complexity index is 385. The number of hydrogen-bond donors (Lipinski definition) is 0. The smallest absolute Gasteiger partial charge is 0.134 e. The SMILES string of the molecule is CC.Cc1ccc2occ(C)c2c1. The van der Waals surface area contributed by atoms with Crippen LogP contribution in [0.1, 0.15) is 25.0 Å². The van der Waals surface area contributed by atoms with Crippen molar-refractivity contribution in [3.8, 4) is 0 Å². The molecule has 1 aromatic carbocycles. The molecule has 0 amide bonds. The van der Waals surface area contributed by atoms with Crippen molar-refractivity contribution in [3.63, 3.8) is 0 Å². The van der Waals surface area contributed by atoms with Gasteiger partial charge in [-0.25, -0.2) is 0 Å². The molecule has 2 aromatic rings. The first-order valence-corrected chi connectivity index (χ1v) is 4.72. The minimum atomic E-state index is 0.980. The van der Waals surface area contributed by atoms with Crippen LogP contribution in [0.3, 0.4) is 0 Å². The van der Waals surface area contributed by atoms with E-state index in [0.717, 1.165) is 5.58 Å². The zero-order valence-electron chi connectivity index (χ0n) is 8.72. The molecule has 0 atom stereocenters. The van der Waals surface area contributed by atoms with Gasteiger partial charge in [-0.15, -0.1) is 0 Å². The van der Waals surface area contributed by atoms with E-state index in [2.05, 4.69) is 26.0 Å². The van der Waals surface area contributed by atoms with E-state index in [9.17, 15) is 0 Å². The van der Waals surface area contributed by atoms with Gasteiger partial charge in [0.05, 0.1) is 6.26 Å². The standard InChI is InChI=1S/C10H10O.C2H6/c1-7-3-4-10-9(5-7)8(2)6-11-10;1-2/h3-6H,1-2H3;1-2H3. The van der Waals surface area contributed by atoms with Gasteiger partial charge in [-0.1, -0.05) is 25.5 Å². The minimum absolute atomic E-state index is 0.980. The second-order valence-corrected chi connectivity index (χ2v) is 2.92. The van der Waals surface area contributed by atoms with Gasteiger partial charge in [0.15, 0.2) is 0 Å². The van der Waals surface area contributed by atoms with Crippen molar-refractivity contribution in [2.45, 2.75) is 27.7 Å². The van der Waals surface area contributed by atoms with Gasteiger partial charge in [0.2, 0.25) is 0 Å². The molecule has 1 nitrogen and oxygen atoms in total. The number of rotatable bonds is 0. The van der Waals surface area contributed by atoms with Gasteiger partial charge in [0, 0.05) is 5.39 Å². The zero-order valence-corrected chi connectivity index (χ0v) is 8.72. The Morgan fingerprint density at radius 1 is 1.08 bits per heavy atom. The average molecular weight is 176 g/mol. The summed E-state index contributed by atoms with van der Waals surface area (Å²) < 4.78 is 5.30. The van der Waals surface area contributed by atoms with E-state index in [4.69, 9.17) is 4.42 Å². The van der Waals surface area contributed by atoms with Crippen molar-refractivity contribution >= 4 is 11.0 Å². The summed E-state index contributed by atoms with van der Waals surface area (Å²) >= 11 is 0. The molecule has 70 valence electrons. The van der Waals surface area contributed by atoms with E-state index < -0.39 is 0 Å². The van der Waals surface area contributed by atoms with Crippen molar-refractivity contribution < 1.29 is 4.42 Å². The summed E-state index contributed by atoms with van der Waals surface area (Å²) in [6.07, 6.45) is 1.80. The number of hydrogen-bond acceptors (Lipinski definition) is 1. The normalized spacial score (nSPS) is 9.54. The molecule has 0 aliphatic heterocycles. The summed E-state index contributed by atoms with van der Waals surface area (Å²) in [4.78, 5) is 0. The summed E-state index contributed by atoms with van der Waals surface area (Å²) in [5.41, 5.74) is 3.47. The molecule has 0 aliphatic rings. The fourth-order valence-corrected chi connectivity index (χ4v) is 1.27. The maximum atomic E-state index is 5.30. The van der Waals surface area contributed by atoms with E-state index in [1.165, 1.54) is 16.5 Å². The summed E-state index contributed by atoms with van der Waals surface area (Å²) in [5.74, 6) is 0. The molecule has 2 rings (SSSR count). The van der Waals surface area contributed by atoms with Crippen LogP contribution in [0, 0.1) is 13.8 Å². The van der Waals surface area contributed by atoms with E-state index in [-0.39, 0.29) is 0 Å². The molecule has 0 aliphatic carbocycles. The molecular weight excluding hydrogens is 160 g/mol. The van der Waals surface area contributed by atoms with Gasteiger partial charge >= 0.3 is 0 Å². The van der Waals surface area contributed by atoms with Gasteiger partial charge in [-0.3, -0.25) is 0 Å². The van der Waals surface area contributed by atoms with Crippen LogP contribution < -0.4 is 0 Å². The second-order valence-electron chi connectivity index (χ2n) is 2.92. The first-order valence-electron chi connectivity index (χ1n) is 4.72. The highest BCUT2D eigenvalue weighted by atomic mass is 16.3. The summed E-state index contributed by atoms with van der Waals surface area (Å²) in [5, 5.41) is 1.23. The topological polar surface area (TPSA) is 13.1 Å².